The van der Waals surface area contributed by atoms with E-state index in [4.69, 9.17) is 4.43 Å². The van der Waals surface area contributed by atoms with Gasteiger partial charge in [0.2, 0.25) is 8.32 Å². The molecule has 0 amide bonds. The molecule has 4 nitrogen and oxygen atoms in total. The molecule has 0 unspecified atom stereocenters. The van der Waals surface area contributed by atoms with Crippen molar-refractivity contribution in [3.05, 3.63) is 58.1 Å². The summed E-state index contributed by atoms with van der Waals surface area (Å²) in [5.74, 6) is 0.694. The molecular formula is C18H29N2O2Si2Y2-2. The van der Waals surface area contributed by atoms with Crippen molar-refractivity contribution in [1.82, 2.24) is 9.97 Å². The van der Waals surface area contributed by atoms with Crippen LogP contribution in [0.15, 0.2) is 29.3 Å². The van der Waals surface area contributed by atoms with E-state index in [1.54, 1.807) is 18.5 Å². The number of rotatable bonds is 2. The molecule has 8 heteroatoms. The Bertz CT molecular complexity index is 620. The van der Waals surface area contributed by atoms with Gasteiger partial charge in [-0.15, -0.1) is 29.5 Å². The zero-order valence-electron chi connectivity index (χ0n) is 17.2. The summed E-state index contributed by atoms with van der Waals surface area (Å²) in [5, 5.41) is 0. The van der Waals surface area contributed by atoms with Crippen molar-refractivity contribution in [2.24, 2.45) is 0 Å². The second-order valence-corrected chi connectivity index (χ2v) is 14.3. The molecule has 0 aliphatic rings. The van der Waals surface area contributed by atoms with Crippen LogP contribution in [0.4, 0.5) is 0 Å². The number of aromatic nitrogens is 2. The molecule has 0 fully saturated rings. The Balaban J connectivity index is -0.000000331. The Morgan fingerprint density at radius 2 is 1.54 bits per heavy atom. The minimum Gasteiger partial charge on any atom is -0.589 e. The van der Waals surface area contributed by atoms with Gasteiger partial charge in [-0.05, 0) is 19.6 Å². The molecule has 0 atom stereocenters. The van der Waals surface area contributed by atoms with Crippen LogP contribution in [0, 0.1) is 26.0 Å². The number of aryl methyl sites for hydroxylation is 2. The predicted molar refractivity (Wildman–Crippen MR) is 106 cm³/mol. The van der Waals surface area contributed by atoms with Gasteiger partial charge in [0.15, 0.2) is 0 Å². The summed E-state index contributed by atoms with van der Waals surface area (Å²) < 4.78 is 5.65. The number of aromatic amines is 1. The first-order valence-corrected chi connectivity index (χ1v) is 14.3. The minimum atomic E-state index is -1.50. The molecule has 0 bridgehead atoms. The van der Waals surface area contributed by atoms with E-state index in [0.29, 0.717) is 5.88 Å². The summed E-state index contributed by atoms with van der Waals surface area (Å²) in [6.07, 6.45) is 3.40. The van der Waals surface area contributed by atoms with Crippen LogP contribution >= 0.6 is 0 Å². The van der Waals surface area contributed by atoms with E-state index < -0.39 is 8.32 Å². The molecule has 2 aromatic heterocycles. The van der Waals surface area contributed by atoms with Crippen LogP contribution in [0.1, 0.15) is 11.1 Å². The van der Waals surface area contributed by atoms with Gasteiger partial charge in [-0.3, -0.25) is 0 Å². The molecule has 0 aliphatic heterocycles. The van der Waals surface area contributed by atoms with Gasteiger partial charge in [0.1, 0.15) is 5.56 Å². The van der Waals surface area contributed by atoms with Crippen LogP contribution in [-0.2, 0) is 65.4 Å². The quantitative estimate of drug-likeness (QED) is 0.459. The van der Waals surface area contributed by atoms with Crippen molar-refractivity contribution in [2.75, 3.05) is 0 Å². The fraction of sp³-hybridized carbons (Fsp3) is 0.444. The Hall–Kier alpha value is 0.542. The molecule has 1 N–H and O–H groups in total. The molecule has 0 aromatic carbocycles. The van der Waals surface area contributed by atoms with Crippen LogP contribution < -0.4 is 9.99 Å². The number of nitrogens with zero attached hydrogens (tertiary/aromatic N) is 1. The molecule has 0 saturated carbocycles. The summed E-state index contributed by atoms with van der Waals surface area (Å²) in [7, 11) is -1.38. The topological polar surface area (TPSA) is 55.0 Å². The third-order valence-electron chi connectivity index (χ3n) is 2.08. The van der Waals surface area contributed by atoms with Gasteiger partial charge < -0.3 is 19.2 Å². The fourth-order valence-electron chi connectivity index (χ4n) is 1.22. The van der Waals surface area contributed by atoms with Crippen LogP contribution in [-0.4, -0.2) is 27.1 Å². The molecule has 2 heterocycles. The van der Waals surface area contributed by atoms with Crippen molar-refractivity contribution in [3.63, 3.8) is 0 Å². The van der Waals surface area contributed by atoms with Crippen molar-refractivity contribution in [2.45, 2.75) is 53.1 Å². The van der Waals surface area contributed by atoms with Crippen molar-refractivity contribution in [3.8, 4) is 5.88 Å². The van der Waals surface area contributed by atoms with E-state index in [1.165, 1.54) is 6.07 Å². The Morgan fingerprint density at radius 1 is 1.04 bits per heavy atom. The predicted octanol–water partition coefficient (Wildman–Crippen LogP) is 4.25. The second kappa shape index (κ2) is 16.5. The van der Waals surface area contributed by atoms with Crippen LogP contribution in [0.25, 0.3) is 0 Å². The molecule has 139 valence electrons. The number of hydrogen-bond donors (Lipinski definition) is 1. The van der Waals surface area contributed by atoms with E-state index >= 15 is 0 Å². The van der Waals surface area contributed by atoms with Gasteiger partial charge in [0.25, 0.3) is 0 Å². The molecule has 2 rings (SSSR count). The van der Waals surface area contributed by atoms with Crippen LogP contribution in [0.5, 0.6) is 5.88 Å². The molecule has 0 saturated heterocycles. The van der Waals surface area contributed by atoms with Gasteiger partial charge in [-0.25, -0.2) is 0 Å². The van der Waals surface area contributed by atoms with E-state index in [1.807, 2.05) is 13.8 Å². The standard InChI is InChI=1S/C9H14NOSi.C6H6NO.C3H9Si.2Y/c1-8-5-6-9(10-7-8)11-12(2,3)4;1-5-2-3-6(8)7-4-5;1-4(2)3;;/h6-7H,1-4H3;3-4H,1H3,(H,7,8);1-3H3;;/q2*-1;;;. The van der Waals surface area contributed by atoms with Gasteiger partial charge in [0, 0.05) is 74.2 Å². The first kappa shape index (κ1) is 31.2. The zero-order chi connectivity index (χ0) is 18.8. The van der Waals surface area contributed by atoms with Crippen molar-refractivity contribution < 1.29 is 69.8 Å². The molecule has 3 radical (unpaired) electrons. The second-order valence-electron chi connectivity index (χ2n) is 6.91. The van der Waals surface area contributed by atoms with Crippen molar-refractivity contribution >= 4 is 17.1 Å². The average Bonchev–Trinajstić information content (AvgIpc) is 2.43. The first-order chi connectivity index (χ1) is 11.0. The smallest absolute Gasteiger partial charge is 0.226 e. The SMILES string of the molecule is C[Si](C)C.Cc1[c-]cc(=O)[nH]c1.Cc1[c-]cc(O[Si](C)(C)C)nc1.[Y].[Y]. The maximum Gasteiger partial charge on any atom is 0.226 e. The summed E-state index contributed by atoms with van der Waals surface area (Å²) in [5.41, 5.74) is 1.89. The van der Waals surface area contributed by atoms with Crippen LogP contribution in [0.3, 0.4) is 0 Å². The third kappa shape index (κ3) is 20.8. The van der Waals surface area contributed by atoms with Crippen LogP contribution in [0.2, 0.25) is 39.3 Å². The molecule has 0 aliphatic carbocycles. The normalized spacial score (nSPS) is 9.42. The number of hydrogen-bond acceptors (Lipinski definition) is 3. The van der Waals surface area contributed by atoms with Gasteiger partial charge in [-0.2, -0.15) is 12.1 Å². The molecular weight excluding hydrogens is 510 g/mol. The maximum absolute atomic E-state index is 10.3. The molecule has 26 heavy (non-hydrogen) atoms. The van der Waals surface area contributed by atoms with E-state index in [-0.39, 0.29) is 79.8 Å². The molecule has 2 aromatic rings. The van der Waals surface area contributed by atoms with Gasteiger partial charge in [0.05, 0.1) is 5.88 Å². The van der Waals surface area contributed by atoms with E-state index in [2.05, 4.69) is 61.4 Å². The monoisotopic (exact) mass is 539 g/mol. The zero-order valence-corrected chi connectivity index (χ0v) is 24.9. The third-order valence-corrected chi connectivity index (χ3v) is 2.90. The van der Waals surface area contributed by atoms with Gasteiger partial charge in [-0.1, -0.05) is 39.7 Å². The Kier molecular flexibility index (Phi) is 19.8. The van der Waals surface area contributed by atoms with E-state index in [9.17, 15) is 4.79 Å². The molecule has 0 spiro atoms. The van der Waals surface area contributed by atoms with Gasteiger partial charge >= 0.3 is 0 Å². The largest absolute Gasteiger partial charge is 0.589 e. The average molecular weight is 539 g/mol. The summed E-state index contributed by atoms with van der Waals surface area (Å²) >= 11 is 0. The fourth-order valence-corrected chi connectivity index (χ4v) is 1.96. The first-order valence-electron chi connectivity index (χ1n) is 7.86. The summed E-state index contributed by atoms with van der Waals surface area (Å²) in [4.78, 5) is 17.0. The van der Waals surface area contributed by atoms with Crippen molar-refractivity contribution in [1.29, 1.82) is 0 Å². The Labute approximate surface area is 211 Å². The number of pyridine rings is 2. The summed E-state index contributed by atoms with van der Waals surface area (Å²) in [6, 6.07) is 9.00. The summed E-state index contributed by atoms with van der Waals surface area (Å²) in [6.45, 7) is 17.0. The number of nitrogens with one attached hydrogen (secondary N) is 1. The minimum absolute atomic E-state index is 0. The maximum atomic E-state index is 10.3. The number of H-pyrrole nitrogens is 1. The Morgan fingerprint density at radius 3 is 1.85 bits per heavy atom. The van der Waals surface area contributed by atoms with E-state index in [0.717, 1.165) is 11.1 Å².